The van der Waals surface area contributed by atoms with Gasteiger partial charge in [-0.15, -0.1) is 0 Å². The molecule has 0 bridgehead atoms. The number of nitrogens with one attached hydrogen (secondary N) is 1. The summed E-state index contributed by atoms with van der Waals surface area (Å²) in [5, 5.41) is 13.7. The van der Waals surface area contributed by atoms with E-state index < -0.39 is 5.60 Å². The highest BCUT2D eigenvalue weighted by molar-refractivity contribution is 9.10. The normalized spacial score (nSPS) is 14.5. The fourth-order valence-corrected chi connectivity index (χ4v) is 2.05. The fraction of sp³-hybridized carbons (Fsp3) is 0.647. The van der Waals surface area contributed by atoms with Gasteiger partial charge < -0.3 is 15.2 Å². The van der Waals surface area contributed by atoms with Crippen LogP contribution in [0.2, 0.25) is 0 Å². The number of rotatable bonds is 8. The van der Waals surface area contributed by atoms with E-state index in [1.807, 2.05) is 39.0 Å². The van der Waals surface area contributed by atoms with Crippen molar-refractivity contribution in [2.75, 3.05) is 13.2 Å². The fourth-order valence-electron chi connectivity index (χ4n) is 1.67. The first-order valence-corrected chi connectivity index (χ1v) is 8.36. The van der Waals surface area contributed by atoms with Gasteiger partial charge in [-0.05, 0) is 49.1 Å². The predicted molar refractivity (Wildman–Crippen MR) is 91.6 cm³/mol. The van der Waals surface area contributed by atoms with Crippen LogP contribution in [0.1, 0.15) is 40.2 Å². The molecule has 0 fully saturated rings. The van der Waals surface area contributed by atoms with E-state index in [4.69, 9.17) is 4.74 Å². The highest BCUT2D eigenvalue weighted by Crippen LogP contribution is 2.24. The number of halogens is 1. The first-order chi connectivity index (χ1) is 9.72. The molecule has 4 heteroatoms. The Hall–Kier alpha value is -0.580. The second-order valence-corrected chi connectivity index (χ2v) is 7.43. The second-order valence-electron chi connectivity index (χ2n) is 6.58. The molecular weight excluding hydrogens is 330 g/mol. The van der Waals surface area contributed by atoms with Crippen LogP contribution in [0.3, 0.4) is 0 Å². The van der Waals surface area contributed by atoms with Gasteiger partial charge >= 0.3 is 0 Å². The summed E-state index contributed by atoms with van der Waals surface area (Å²) in [6, 6.07) is 5.94. The van der Waals surface area contributed by atoms with E-state index in [1.54, 1.807) is 0 Å². The van der Waals surface area contributed by atoms with Crippen molar-refractivity contribution in [1.82, 2.24) is 5.32 Å². The van der Waals surface area contributed by atoms with Crippen molar-refractivity contribution >= 4 is 15.9 Å². The minimum atomic E-state index is -0.816. The van der Waals surface area contributed by atoms with Crippen LogP contribution in [-0.4, -0.2) is 23.9 Å². The van der Waals surface area contributed by atoms with Crippen molar-refractivity contribution in [3.63, 3.8) is 0 Å². The Kier molecular flexibility index (Phi) is 7.17. The summed E-state index contributed by atoms with van der Waals surface area (Å²) in [6.45, 7) is 12.3. The Morgan fingerprint density at radius 1 is 1.29 bits per heavy atom. The van der Waals surface area contributed by atoms with Gasteiger partial charge in [0.05, 0.1) is 5.60 Å². The van der Waals surface area contributed by atoms with Crippen molar-refractivity contribution in [2.45, 2.75) is 46.8 Å². The van der Waals surface area contributed by atoms with E-state index in [-0.39, 0.29) is 5.92 Å². The molecule has 0 saturated carbocycles. The molecule has 0 aliphatic rings. The van der Waals surface area contributed by atoms with Gasteiger partial charge in [-0.25, -0.2) is 0 Å². The standard InChI is InChI=1S/C17H28BrNO2/c1-12(2)9-19-10-14-8-15(6-7-16(14)18)21-11-17(5,20)13(3)4/h6-8,12-13,19-20H,9-11H2,1-5H3. The van der Waals surface area contributed by atoms with Crippen LogP contribution in [0, 0.1) is 11.8 Å². The Bertz CT molecular complexity index is 444. The number of hydrogen-bond acceptors (Lipinski definition) is 3. The lowest BCUT2D eigenvalue weighted by Crippen LogP contribution is -2.37. The van der Waals surface area contributed by atoms with Gasteiger partial charge in [-0.1, -0.05) is 43.6 Å². The van der Waals surface area contributed by atoms with Gasteiger partial charge in [-0.2, -0.15) is 0 Å². The van der Waals surface area contributed by atoms with E-state index in [1.165, 1.54) is 0 Å². The van der Waals surface area contributed by atoms with Gasteiger partial charge in [0.25, 0.3) is 0 Å². The molecule has 1 aromatic rings. The highest BCUT2D eigenvalue weighted by Gasteiger charge is 2.25. The highest BCUT2D eigenvalue weighted by atomic mass is 79.9. The lowest BCUT2D eigenvalue weighted by atomic mass is 9.94. The number of ether oxygens (including phenoxy) is 1. The molecule has 1 rings (SSSR count). The average Bonchev–Trinajstić information content (AvgIpc) is 2.38. The van der Waals surface area contributed by atoms with Gasteiger partial charge in [-0.3, -0.25) is 0 Å². The summed E-state index contributed by atoms with van der Waals surface area (Å²) in [5.41, 5.74) is 0.348. The molecule has 3 nitrogen and oxygen atoms in total. The molecule has 0 heterocycles. The summed E-state index contributed by atoms with van der Waals surface area (Å²) >= 11 is 3.57. The SMILES string of the molecule is CC(C)CNCc1cc(OCC(C)(O)C(C)C)ccc1Br. The third-order valence-corrected chi connectivity index (χ3v) is 4.43. The molecule has 21 heavy (non-hydrogen) atoms. The van der Waals surface area contributed by atoms with Gasteiger partial charge in [0.15, 0.2) is 0 Å². The molecule has 0 spiro atoms. The quantitative estimate of drug-likeness (QED) is 0.739. The molecule has 0 aliphatic carbocycles. The first kappa shape index (κ1) is 18.5. The maximum Gasteiger partial charge on any atom is 0.119 e. The minimum Gasteiger partial charge on any atom is -0.491 e. The van der Waals surface area contributed by atoms with Crippen LogP contribution in [0.5, 0.6) is 5.75 Å². The van der Waals surface area contributed by atoms with E-state index >= 15 is 0 Å². The number of hydrogen-bond donors (Lipinski definition) is 2. The zero-order valence-corrected chi connectivity index (χ0v) is 15.3. The zero-order valence-electron chi connectivity index (χ0n) is 13.7. The summed E-state index contributed by atoms with van der Waals surface area (Å²) < 4.78 is 6.83. The third kappa shape index (κ3) is 6.37. The van der Waals surface area contributed by atoms with E-state index in [9.17, 15) is 5.11 Å². The van der Waals surface area contributed by atoms with Crippen molar-refractivity contribution in [3.8, 4) is 5.75 Å². The number of benzene rings is 1. The van der Waals surface area contributed by atoms with E-state index in [0.29, 0.717) is 12.5 Å². The lowest BCUT2D eigenvalue weighted by Gasteiger charge is -2.27. The molecule has 1 unspecified atom stereocenters. The predicted octanol–water partition coefficient (Wildman–Crippen LogP) is 3.98. The maximum absolute atomic E-state index is 10.2. The first-order valence-electron chi connectivity index (χ1n) is 7.56. The summed E-state index contributed by atoms with van der Waals surface area (Å²) in [5.74, 6) is 1.57. The molecular formula is C17H28BrNO2. The van der Waals surface area contributed by atoms with Crippen molar-refractivity contribution in [2.24, 2.45) is 11.8 Å². The van der Waals surface area contributed by atoms with Crippen LogP contribution in [0.15, 0.2) is 22.7 Å². The molecule has 0 aromatic heterocycles. The van der Waals surface area contributed by atoms with E-state index in [0.717, 1.165) is 28.9 Å². The Labute approximate surface area is 137 Å². The zero-order chi connectivity index (χ0) is 16.0. The Balaban J connectivity index is 2.64. The van der Waals surface area contributed by atoms with Crippen molar-refractivity contribution < 1.29 is 9.84 Å². The lowest BCUT2D eigenvalue weighted by molar-refractivity contribution is -0.0266. The Morgan fingerprint density at radius 3 is 2.52 bits per heavy atom. The summed E-state index contributed by atoms with van der Waals surface area (Å²) in [7, 11) is 0. The van der Waals surface area contributed by atoms with Gasteiger partial charge in [0, 0.05) is 11.0 Å². The third-order valence-electron chi connectivity index (χ3n) is 3.66. The van der Waals surface area contributed by atoms with Crippen LogP contribution < -0.4 is 10.1 Å². The second kappa shape index (κ2) is 8.16. The van der Waals surface area contributed by atoms with Gasteiger partial charge in [0.2, 0.25) is 0 Å². The van der Waals surface area contributed by atoms with Crippen LogP contribution in [-0.2, 0) is 6.54 Å². The summed E-state index contributed by atoms with van der Waals surface area (Å²) in [4.78, 5) is 0. The molecule has 120 valence electrons. The van der Waals surface area contributed by atoms with Crippen molar-refractivity contribution in [3.05, 3.63) is 28.2 Å². The average molecular weight is 358 g/mol. The number of aliphatic hydroxyl groups is 1. The molecule has 1 aromatic carbocycles. The molecule has 2 N–H and O–H groups in total. The topological polar surface area (TPSA) is 41.5 Å². The van der Waals surface area contributed by atoms with Crippen molar-refractivity contribution in [1.29, 1.82) is 0 Å². The van der Waals surface area contributed by atoms with E-state index in [2.05, 4.69) is 35.1 Å². The molecule has 0 saturated heterocycles. The monoisotopic (exact) mass is 357 g/mol. The summed E-state index contributed by atoms with van der Waals surface area (Å²) in [6.07, 6.45) is 0. The smallest absolute Gasteiger partial charge is 0.119 e. The largest absolute Gasteiger partial charge is 0.491 e. The molecule has 1 atom stereocenters. The van der Waals surface area contributed by atoms with Crippen LogP contribution >= 0.6 is 15.9 Å². The van der Waals surface area contributed by atoms with Crippen LogP contribution in [0.4, 0.5) is 0 Å². The maximum atomic E-state index is 10.2. The minimum absolute atomic E-state index is 0.153. The molecule has 0 aliphatic heterocycles. The molecule has 0 amide bonds. The van der Waals surface area contributed by atoms with Gasteiger partial charge in [0.1, 0.15) is 12.4 Å². The van der Waals surface area contributed by atoms with Crippen LogP contribution in [0.25, 0.3) is 0 Å². The molecule has 0 radical (unpaired) electrons. The Morgan fingerprint density at radius 2 is 1.95 bits per heavy atom.